The normalized spacial score (nSPS) is 10.3. The van der Waals surface area contributed by atoms with Crippen molar-refractivity contribution in [1.29, 1.82) is 0 Å². The summed E-state index contributed by atoms with van der Waals surface area (Å²) in [7, 11) is 1.68. The van der Waals surface area contributed by atoms with Crippen LogP contribution in [0.15, 0.2) is 66.3 Å². The van der Waals surface area contributed by atoms with Gasteiger partial charge in [0.05, 0.1) is 16.1 Å². The van der Waals surface area contributed by atoms with Gasteiger partial charge in [-0.3, -0.25) is 14.6 Å². The predicted octanol–water partition coefficient (Wildman–Crippen LogP) is 3.35. The number of aromatic nitrogens is 1. The van der Waals surface area contributed by atoms with E-state index in [0.717, 1.165) is 5.56 Å². The lowest BCUT2D eigenvalue weighted by molar-refractivity contribution is 0.0951. The van der Waals surface area contributed by atoms with Gasteiger partial charge in [-0.1, -0.05) is 24.3 Å². The Morgan fingerprint density at radius 1 is 1.12 bits per heavy atom. The van der Waals surface area contributed by atoms with Gasteiger partial charge in [0.1, 0.15) is 0 Å². The highest BCUT2D eigenvalue weighted by molar-refractivity contribution is 7.12. The van der Waals surface area contributed by atoms with Crippen LogP contribution in [0.5, 0.6) is 0 Å². The highest BCUT2D eigenvalue weighted by atomic mass is 32.1. The van der Waals surface area contributed by atoms with Crippen LogP contribution in [0.2, 0.25) is 0 Å². The number of para-hydroxylation sites is 1. The summed E-state index contributed by atoms with van der Waals surface area (Å²) < 4.78 is 0. The number of carbonyl (C=O) groups is 2. The maximum absolute atomic E-state index is 12.6. The number of nitrogens with one attached hydrogen (secondary N) is 1. The Morgan fingerprint density at radius 3 is 2.68 bits per heavy atom. The SMILES string of the molecule is CN(C(=O)c1cccs1)c1ccccc1C(=O)NCc1cccnc1. The Hall–Kier alpha value is -2.99. The van der Waals surface area contributed by atoms with Crippen molar-refractivity contribution in [2.45, 2.75) is 6.54 Å². The lowest BCUT2D eigenvalue weighted by Gasteiger charge is -2.19. The summed E-state index contributed by atoms with van der Waals surface area (Å²) in [5, 5.41) is 4.72. The van der Waals surface area contributed by atoms with E-state index in [1.165, 1.54) is 16.2 Å². The largest absolute Gasteiger partial charge is 0.348 e. The number of hydrogen-bond acceptors (Lipinski definition) is 4. The summed E-state index contributed by atoms with van der Waals surface area (Å²) in [6.45, 7) is 0.379. The van der Waals surface area contributed by atoms with Crippen LogP contribution in [-0.4, -0.2) is 23.8 Å². The third-order valence-corrected chi connectivity index (χ3v) is 4.58. The molecule has 126 valence electrons. The Morgan fingerprint density at radius 2 is 1.96 bits per heavy atom. The molecule has 3 rings (SSSR count). The molecule has 2 aromatic heterocycles. The first-order valence-electron chi connectivity index (χ1n) is 7.74. The summed E-state index contributed by atoms with van der Waals surface area (Å²) in [5.41, 5.74) is 1.94. The third-order valence-electron chi connectivity index (χ3n) is 3.72. The molecule has 25 heavy (non-hydrogen) atoms. The smallest absolute Gasteiger partial charge is 0.268 e. The van der Waals surface area contributed by atoms with Crippen LogP contribution in [-0.2, 0) is 6.54 Å². The van der Waals surface area contributed by atoms with Crippen molar-refractivity contribution in [3.05, 3.63) is 82.3 Å². The number of benzene rings is 1. The van der Waals surface area contributed by atoms with Crippen LogP contribution in [0.1, 0.15) is 25.6 Å². The van der Waals surface area contributed by atoms with Gasteiger partial charge in [0, 0.05) is 26.0 Å². The highest BCUT2D eigenvalue weighted by Gasteiger charge is 2.20. The summed E-state index contributed by atoms with van der Waals surface area (Å²) in [4.78, 5) is 31.3. The molecule has 0 radical (unpaired) electrons. The van der Waals surface area contributed by atoms with Crippen LogP contribution in [0.4, 0.5) is 5.69 Å². The molecule has 2 heterocycles. The van der Waals surface area contributed by atoms with E-state index in [9.17, 15) is 9.59 Å². The van der Waals surface area contributed by atoms with E-state index < -0.39 is 0 Å². The van der Waals surface area contributed by atoms with Crippen molar-refractivity contribution in [1.82, 2.24) is 10.3 Å². The lowest BCUT2D eigenvalue weighted by atomic mass is 10.1. The van der Waals surface area contributed by atoms with Crippen molar-refractivity contribution in [2.75, 3.05) is 11.9 Å². The van der Waals surface area contributed by atoms with Gasteiger partial charge in [0.15, 0.2) is 0 Å². The number of amides is 2. The van der Waals surface area contributed by atoms with Crippen LogP contribution < -0.4 is 10.2 Å². The van der Waals surface area contributed by atoms with Crippen molar-refractivity contribution >= 4 is 28.8 Å². The maximum Gasteiger partial charge on any atom is 0.268 e. The first kappa shape index (κ1) is 16.9. The second-order valence-corrected chi connectivity index (χ2v) is 6.35. The maximum atomic E-state index is 12.6. The molecule has 0 unspecified atom stereocenters. The fourth-order valence-electron chi connectivity index (χ4n) is 2.41. The Bertz CT molecular complexity index is 863. The summed E-state index contributed by atoms with van der Waals surface area (Å²) >= 11 is 1.38. The van der Waals surface area contributed by atoms with Crippen molar-refractivity contribution in [2.24, 2.45) is 0 Å². The van der Waals surface area contributed by atoms with Gasteiger partial charge in [0.25, 0.3) is 11.8 Å². The molecule has 0 saturated heterocycles. The van der Waals surface area contributed by atoms with E-state index in [0.29, 0.717) is 22.7 Å². The van der Waals surface area contributed by atoms with Gasteiger partial charge in [-0.25, -0.2) is 0 Å². The molecule has 2 amide bonds. The molecule has 0 aliphatic carbocycles. The molecule has 1 N–H and O–H groups in total. The van der Waals surface area contributed by atoms with Crippen molar-refractivity contribution in [3.63, 3.8) is 0 Å². The number of anilines is 1. The van der Waals surface area contributed by atoms with E-state index in [1.54, 1.807) is 43.7 Å². The average Bonchev–Trinajstić information content (AvgIpc) is 3.20. The molecule has 0 saturated carbocycles. The Kier molecular flexibility index (Phi) is 5.20. The van der Waals surface area contributed by atoms with Gasteiger partial charge in [0.2, 0.25) is 0 Å². The molecule has 1 aromatic carbocycles. The van der Waals surface area contributed by atoms with E-state index in [2.05, 4.69) is 10.3 Å². The van der Waals surface area contributed by atoms with Crippen LogP contribution >= 0.6 is 11.3 Å². The predicted molar refractivity (Wildman–Crippen MR) is 98.9 cm³/mol. The third kappa shape index (κ3) is 3.92. The molecule has 0 fully saturated rings. The zero-order valence-corrected chi connectivity index (χ0v) is 14.5. The minimum Gasteiger partial charge on any atom is -0.348 e. The average molecular weight is 351 g/mol. The van der Waals surface area contributed by atoms with E-state index in [-0.39, 0.29) is 11.8 Å². The molecule has 0 bridgehead atoms. The number of rotatable bonds is 5. The standard InChI is InChI=1S/C19H17N3O2S/c1-22(19(24)17-9-5-11-25-17)16-8-3-2-7-15(16)18(23)21-13-14-6-4-10-20-12-14/h2-12H,13H2,1H3,(H,21,23). The van der Waals surface area contributed by atoms with Crippen molar-refractivity contribution < 1.29 is 9.59 Å². The number of hydrogen-bond donors (Lipinski definition) is 1. The van der Waals surface area contributed by atoms with Crippen LogP contribution in [0, 0.1) is 0 Å². The van der Waals surface area contributed by atoms with E-state index >= 15 is 0 Å². The quantitative estimate of drug-likeness (QED) is 0.767. The number of nitrogens with zero attached hydrogens (tertiary/aromatic N) is 2. The zero-order valence-electron chi connectivity index (χ0n) is 13.7. The molecular weight excluding hydrogens is 334 g/mol. The number of pyridine rings is 1. The van der Waals surface area contributed by atoms with Gasteiger partial charge in [-0.15, -0.1) is 11.3 Å². The molecule has 0 aliphatic heterocycles. The number of thiophene rings is 1. The lowest BCUT2D eigenvalue weighted by Crippen LogP contribution is -2.30. The zero-order chi connectivity index (χ0) is 17.6. The van der Waals surface area contributed by atoms with Gasteiger partial charge >= 0.3 is 0 Å². The second kappa shape index (κ2) is 7.72. The van der Waals surface area contributed by atoms with Gasteiger partial charge < -0.3 is 10.2 Å². The molecule has 3 aromatic rings. The van der Waals surface area contributed by atoms with Crippen LogP contribution in [0.3, 0.4) is 0 Å². The summed E-state index contributed by atoms with van der Waals surface area (Å²) in [6.07, 6.45) is 3.39. The van der Waals surface area contributed by atoms with E-state index in [4.69, 9.17) is 0 Å². The Labute approximate surface area is 149 Å². The van der Waals surface area contributed by atoms with Gasteiger partial charge in [-0.05, 0) is 35.2 Å². The Balaban J connectivity index is 1.78. The first-order valence-corrected chi connectivity index (χ1v) is 8.62. The molecule has 5 nitrogen and oxygen atoms in total. The monoisotopic (exact) mass is 351 g/mol. The number of carbonyl (C=O) groups excluding carboxylic acids is 2. The highest BCUT2D eigenvalue weighted by Crippen LogP contribution is 2.22. The fraction of sp³-hybridized carbons (Fsp3) is 0.105. The summed E-state index contributed by atoms with van der Waals surface area (Å²) in [5.74, 6) is -0.368. The molecule has 0 atom stereocenters. The molecule has 6 heteroatoms. The van der Waals surface area contributed by atoms with Crippen molar-refractivity contribution in [3.8, 4) is 0 Å². The van der Waals surface area contributed by atoms with Crippen LogP contribution in [0.25, 0.3) is 0 Å². The summed E-state index contributed by atoms with van der Waals surface area (Å²) in [6, 6.07) is 14.4. The first-order chi connectivity index (χ1) is 12.2. The second-order valence-electron chi connectivity index (χ2n) is 5.40. The minimum absolute atomic E-state index is 0.137. The minimum atomic E-state index is -0.231. The topological polar surface area (TPSA) is 62.3 Å². The molecule has 0 aliphatic rings. The molecule has 0 spiro atoms. The molecular formula is C19H17N3O2S. The van der Waals surface area contributed by atoms with E-state index in [1.807, 2.05) is 29.6 Å². The fourth-order valence-corrected chi connectivity index (χ4v) is 3.11. The van der Waals surface area contributed by atoms with Gasteiger partial charge in [-0.2, -0.15) is 0 Å².